The van der Waals surface area contributed by atoms with E-state index in [0.29, 0.717) is 19.3 Å². The maximum absolute atomic E-state index is 13.2. The number of aliphatic hydroxyl groups is 2. The number of nitrogens with one attached hydrogen (secondary N) is 3. The minimum Gasteiger partial charge on any atom is -0.456 e. The van der Waals surface area contributed by atoms with Crippen molar-refractivity contribution in [2.75, 3.05) is 7.11 Å². The van der Waals surface area contributed by atoms with Gasteiger partial charge in [-0.15, -0.1) is 0 Å². The maximum atomic E-state index is 13.2. The summed E-state index contributed by atoms with van der Waals surface area (Å²) in [4.78, 5) is 79.1. The van der Waals surface area contributed by atoms with Gasteiger partial charge in [0.2, 0.25) is 18.1 Å². The standard InChI is InChI=1S/C41H65N5O13/c1-4-5-6-7-8-9-10-11-12-13-14-15-16-17-21-30(49)57-35-32(55-3)33(58-39(35)46-23-22-29(48)45-41(46)54)34(36(42)51)59-40-31(50)27(47)24-28(56-40)38(53)44-26-20-18-19-25(2)43-37(26)52/h22-27,31-35,39-40,47,50H,4-21H2,1-3H3,(H2,42,51)(H,43,52)(H,44,53)(H,45,48,54)/t25-,26+,27+,31+,32-,33+,34-,35-,39-,40-/m1/s1. The molecule has 18 heteroatoms. The van der Waals surface area contributed by atoms with Crippen LogP contribution in [0.25, 0.3) is 0 Å². The van der Waals surface area contributed by atoms with Gasteiger partial charge in [-0.05, 0) is 38.7 Å². The summed E-state index contributed by atoms with van der Waals surface area (Å²) in [5.41, 5.74) is 4.17. The van der Waals surface area contributed by atoms with Gasteiger partial charge in [0.15, 0.2) is 24.2 Å². The summed E-state index contributed by atoms with van der Waals surface area (Å²) in [6.45, 7) is 4.07. The largest absolute Gasteiger partial charge is 0.456 e. The molecule has 0 spiro atoms. The zero-order valence-corrected chi connectivity index (χ0v) is 34.6. The number of amides is 3. The fraction of sp³-hybridized carbons (Fsp3) is 0.756. The van der Waals surface area contributed by atoms with Crippen LogP contribution in [0.5, 0.6) is 0 Å². The van der Waals surface area contributed by atoms with Crippen molar-refractivity contribution in [3.63, 3.8) is 0 Å². The second kappa shape index (κ2) is 24.2. The van der Waals surface area contributed by atoms with Crippen LogP contribution >= 0.6 is 0 Å². The Morgan fingerprint density at radius 2 is 1.58 bits per heavy atom. The van der Waals surface area contributed by atoms with E-state index in [1.807, 2.05) is 6.92 Å². The third-order valence-electron chi connectivity index (χ3n) is 11.0. The number of ether oxygens (including phenoxy) is 5. The molecule has 1 aromatic rings. The number of hydrogen-bond donors (Lipinski definition) is 6. The van der Waals surface area contributed by atoms with Gasteiger partial charge >= 0.3 is 11.7 Å². The Labute approximate surface area is 344 Å². The van der Waals surface area contributed by atoms with E-state index in [1.54, 1.807) is 0 Å². The number of aromatic nitrogens is 2. The quantitative estimate of drug-likeness (QED) is 0.0646. The van der Waals surface area contributed by atoms with E-state index < -0.39 is 95.9 Å². The minimum atomic E-state index is -1.88. The summed E-state index contributed by atoms with van der Waals surface area (Å²) in [6.07, 6.45) is 6.97. The molecule has 2 fully saturated rings. The van der Waals surface area contributed by atoms with Gasteiger partial charge < -0.3 is 50.3 Å². The zero-order valence-electron chi connectivity index (χ0n) is 34.6. The molecule has 18 nitrogen and oxygen atoms in total. The zero-order chi connectivity index (χ0) is 42.9. The number of aromatic amines is 1. The van der Waals surface area contributed by atoms with E-state index >= 15 is 0 Å². The predicted molar refractivity (Wildman–Crippen MR) is 213 cm³/mol. The number of rotatable bonds is 24. The topological polar surface area (TPSA) is 260 Å². The normalized spacial score (nSPS) is 27.5. The highest BCUT2D eigenvalue weighted by Crippen LogP contribution is 2.36. The Morgan fingerprint density at radius 3 is 2.17 bits per heavy atom. The lowest BCUT2D eigenvalue weighted by atomic mass is 10.0. The number of nitrogens with two attached hydrogens (primary N) is 1. The monoisotopic (exact) mass is 835 g/mol. The van der Waals surface area contributed by atoms with Crippen molar-refractivity contribution in [1.82, 2.24) is 20.2 Å². The molecule has 0 saturated carbocycles. The number of carbonyl (C=O) groups is 4. The molecule has 59 heavy (non-hydrogen) atoms. The molecule has 1 aromatic heterocycles. The number of esters is 1. The van der Waals surface area contributed by atoms with Crippen molar-refractivity contribution in [1.29, 1.82) is 0 Å². The van der Waals surface area contributed by atoms with Crippen LogP contribution in [-0.4, -0.2) is 106 Å². The van der Waals surface area contributed by atoms with Gasteiger partial charge in [0.05, 0.1) is 0 Å². The Kier molecular flexibility index (Phi) is 19.5. The first-order valence-electron chi connectivity index (χ1n) is 21.3. The van der Waals surface area contributed by atoms with Crippen molar-refractivity contribution in [3.8, 4) is 0 Å². The summed E-state index contributed by atoms with van der Waals surface area (Å²) in [7, 11) is 1.25. The van der Waals surface area contributed by atoms with Gasteiger partial charge in [0, 0.05) is 31.8 Å². The lowest BCUT2D eigenvalue weighted by Gasteiger charge is -2.35. The van der Waals surface area contributed by atoms with Gasteiger partial charge in [-0.25, -0.2) is 4.79 Å². The molecule has 2 saturated heterocycles. The average Bonchev–Trinajstić information content (AvgIpc) is 3.45. The number of unbranched alkanes of at least 4 members (excludes halogenated alkanes) is 13. The second-order valence-electron chi connectivity index (χ2n) is 15.8. The van der Waals surface area contributed by atoms with Gasteiger partial charge in [0.25, 0.3) is 11.5 Å². The van der Waals surface area contributed by atoms with Crippen molar-refractivity contribution in [2.45, 2.75) is 191 Å². The van der Waals surface area contributed by atoms with Crippen LogP contribution in [0.1, 0.15) is 136 Å². The van der Waals surface area contributed by atoms with E-state index in [0.717, 1.165) is 55.0 Å². The highest BCUT2D eigenvalue weighted by Gasteiger charge is 2.54. The molecule has 4 rings (SSSR count). The number of primary amides is 1. The first-order valence-corrected chi connectivity index (χ1v) is 21.3. The van der Waals surface area contributed by atoms with Crippen LogP contribution < -0.4 is 27.6 Å². The van der Waals surface area contributed by atoms with Gasteiger partial charge in [-0.3, -0.25) is 33.5 Å². The molecule has 7 N–H and O–H groups in total. The van der Waals surface area contributed by atoms with Crippen molar-refractivity contribution < 1.29 is 53.1 Å². The molecule has 3 amide bonds. The number of methoxy groups -OCH3 is 1. The summed E-state index contributed by atoms with van der Waals surface area (Å²) >= 11 is 0. The van der Waals surface area contributed by atoms with Crippen molar-refractivity contribution in [2.24, 2.45) is 5.73 Å². The molecule has 3 aliphatic heterocycles. The number of carbonyl (C=O) groups excluding carboxylic acids is 4. The van der Waals surface area contributed by atoms with E-state index in [-0.39, 0.29) is 12.5 Å². The molecular weight excluding hydrogens is 770 g/mol. The van der Waals surface area contributed by atoms with Gasteiger partial charge in [0.1, 0.15) is 30.5 Å². The summed E-state index contributed by atoms with van der Waals surface area (Å²) in [6, 6.07) is 0.0832. The van der Waals surface area contributed by atoms with Crippen LogP contribution in [0.4, 0.5) is 0 Å². The van der Waals surface area contributed by atoms with Crippen LogP contribution in [0.15, 0.2) is 33.7 Å². The fourth-order valence-corrected chi connectivity index (χ4v) is 7.71. The van der Waals surface area contributed by atoms with Crippen LogP contribution in [0.2, 0.25) is 0 Å². The van der Waals surface area contributed by atoms with Gasteiger partial charge in [-0.2, -0.15) is 0 Å². The maximum Gasteiger partial charge on any atom is 0.330 e. The first kappa shape index (κ1) is 47.6. The lowest BCUT2D eigenvalue weighted by Crippen LogP contribution is -2.54. The van der Waals surface area contributed by atoms with Crippen LogP contribution in [0.3, 0.4) is 0 Å². The molecule has 0 radical (unpaired) electrons. The molecule has 4 heterocycles. The van der Waals surface area contributed by atoms with Gasteiger partial charge in [-0.1, -0.05) is 90.4 Å². The number of aliphatic hydroxyl groups excluding tert-OH is 2. The molecule has 0 aliphatic carbocycles. The second-order valence-corrected chi connectivity index (χ2v) is 15.8. The van der Waals surface area contributed by atoms with E-state index in [9.17, 15) is 39.0 Å². The van der Waals surface area contributed by atoms with E-state index in [2.05, 4.69) is 22.5 Å². The third-order valence-corrected chi connectivity index (χ3v) is 11.0. The summed E-state index contributed by atoms with van der Waals surface area (Å²) < 4.78 is 30.1. The Hall–Kier alpha value is -4.10. The molecule has 332 valence electrons. The Balaban J connectivity index is 1.38. The number of hydrogen-bond acceptors (Lipinski definition) is 13. The number of H-pyrrole nitrogens is 1. The molecular formula is C41H65N5O13. The third kappa shape index (κ3) is 14.3. The summed E-state index contributed by atoms with van der Waals surface area (Å²) in [5.74, 6) is -3.55. The van der Waals surface area contributed by atoms with E-state index in [4.69, 9.17) is 29.4 Å². The molecule has 0 bridgehead atoms. The summed E-state index contributed by atoms with van der Waals surface area (Å²) in [5, 5.41) is 26.9. The fourth-order valence-electron chi connectivity index (χ4n) is 7.71. The number of nitrogens with zero attached hydrogens (tertiary/aromatic N) is 1. The van der Waals surface area contributed by atoms with Crippen LogP contribution in [0, 0.1) is 0 Å². The Morgan fingerprint density at radius 1 is 0.949 bits per heavy atom. The molecule has 10 atom stereocenters. The van der Waals surface area contributed by atoms with Crippen molar-refractivity contribution in [3.05, 3.63) is 44.9 Å². The Bertz CT molecular complexity index is 1670. The predicted octanol–water partition coefficient (Wildman–Crippen LogP) is 2.24. The van der Waals surface area contributed by atoms with E-state index in [1.165, 1.54) is 64.9 Å². The van der Waals surface area contributed by atoms with Crippen LogP contribution in [-0.2, 0) is 42.9 Å². The SMILES string of the molecule is CCCCCCCCCCCCCCCCC(=O)O[C@@H]1[C@H](OC)[C@@H]([C@@H](O[C@H]2OC(C(=O)N[C@H]3CCC[C@@H](C)NC3=O)=C[C@H](O)[C@@H]2O)C(N)=O)O[C@H]1n1ccc(=O)[nH]c1=O. The smallest absolute Gasteiger partial charge is 0.330 e. The molecule has 0 unspecified atom stereocenters. The highest BCUT2D eigenvalue weighted by atomic mass is 16.7. The minimum absolute atomic E-state index is 0.0529. The average molecular weight is 836 g/mol. The van der Waals surface area contributed by atoms with Crippen molar-refractivity contribution >= 4 is 23.7 Å². The highest BCUT2D eigenvalue weighted by molar-refractivity contribution is 5.95. The molecule has 3 aliphatic rings. The molecule has 0 aromatic carbocycles. The first-order chi connectivity index (χ1) is 28.3. The lowest BCUT2D eigenvalue weighted by molar-refractivity contribution is -0.241.